The fourth-order valence-electron chi connectivity index (χ4n) is 1.40. The number of hydrogen-bond acceptors (Lipinski definition) is 3. The number of hydrogen-bond donors (Lipinski definition) is 1. The first-order valence-corrected chi connectivity index (χ1v) is 4.91. The predicted molar refractivity (Wildman–Crippen MR) is 59.5 cm³/mol. The Morgan fingerprint density at radius 1 is 1.38 bits per heavy atom. The molecule has 0 aliphatic heterocycles. The van der Waals surface area contributed by atoms with Crippen LogP contribution in [-0.2, 0) is 4.79 Å². The van der Waals surface area contributed by atoms with Crippen molar-refractivity contribution < 1.29 is 14.6 Å². The largest absolute Gasteiger partial charge is 0.479 e. The Hall–Kier alpha value is -2.10. The number of carbonyl (C=O) groups is 1. The van der Waals surface area contributed by atoms with Crippen LogP contribution < -0.4 is 4.74 Å². The van der Waals surface area contributed by atoms with Gasteiger partial charge in [-0.1, -0.05) is 18.2 Å². The van der Waals surface area contributed by atoms with E-state index in [-0.39, 0.29) is 0 Å². The maximum absolute atomic E-state index is 10.7. The summed E-state index contributed by atoms with van der Waals surface area (Å²) in [5.41, 5.74) is 0. The van der Waals surface area contributed by atoms with Gasteiger partial charge in [0.05, 0.1) is 0 Å². The molecule has 1 aromatic carbocycles. The molecule has 4 nitrogen and oxygen atoms in total. The number of rotatable bonds is 3. The SMILES string of the molecule is CC(Oc1nccc2ccccc12)C(=O)O. The Morgan fingerprint density at radius 2 is 2.12 bits per heavy atom. The van der Waals surface area contributed by atoms with E-state index < -0.39 is 12.1 Å². The van der Waals surface area contributed by atoms with E-state index in [1.54, 1.807) is 6.20 Å². The number of aliphatic carboxylic acids is 1. The van der Waals surface area contributed by atoms with Crippen molar-refractivity contribution in [3.05, 3.63) is 36.5 Å². The topological polar surface area (TPSA) is 59.4 Å². The molecule has 1 heterocycles. The van der Waals surface area contributed by atoms with Gasteiger partial charge in [-0.05, 0) is 24.4 Å². The van der Waals surface area contributed by atoms with E-state index in [4.69, 9.17) is 9.84 Å². The first-order chi connectivity index (χ1) is 7.68. The number of nitrogens with zero attached hydrogens (tertiary/aromatic N) is 1. The van der Waals surface area contributed by atoms with Crippen molar-refractivity contribution in [1.29, 1.82) is 0 Å². The van der Waals surface area contributed by atoms with E-state index in [1.165, 1.54) is 6.92 Å². The number of benzene rings is 1. The quantitative estimate of drug-likeness (QED) is 0.855. The molecule has 0 aliphatic rings. The minimum atomic E-state index is -1.00. The maximum Gasteiger partial charge on any atom is 0.344 e. The van der Waals surface area contributed by atoms with Crippen molar-refractivity contribution in [2.75, 3.05) is 0 Å². The molecule has 0 radical (unpaired) electrons. The van der Waals surface area contributed by atoms with Gasteiger partial charge in [-0.2, -0.15) is 0 Å². The van der Waals surface area contributed by atoms with Crippen molar-refractivity contribution in [3.63, 3.8) is 0 Å². The zero-order valence-corrected chi connectivity index (χ0v) is 8.75. The van der Waals surface area contributed by atoms with Crippen molar-refractivity contribution in [2.24, 2.45) is 0 Å². The number of carboxylic acid groups (broad SMARTS) is 1. The monoisotopic (exact) mass is 217 g/mol. The zero-order valence-electron chi connectivity index (χ0n) is 8.75. The van der Waals surface area contributed by atoms with Crippen molar-refractivity contribution in [3.8, 4) is 5.88 Å². The summed E-state index contributed by atoms with van der Waals surface area (Å²) in [7, 11) is 0. The normalized spacial score (nSPS) is 12.3. The summed E-state index contributed by atoms with van der Waals surface area (Å²) >= 11 is 0. The minimum absolute atomic E-state index is 0.355. The molecule has 0 aliphatic carbocycles. The van der Waals surface area contributed by atoms with Crippen molar-refractivity contribution in [2.45, 2.75) is 13.0 Å². The van der Waals surface area contributed by atoms with Gasteiger partial charge in [0.15, 0.2) is 6.10 Å². The summed E-state index contributed by atoms with van der Waals surface area (Å²) < 4.78 is 5.28. The Bertz CT molecular complexity index is 519. The van der Waals surface area contributed by atoms with Crippen LogP contribution in [0.4, 0.5) is 0 Å². The van der Waals surface area contributed by atoms with Crippen LogP contribution in [0.5, 0.6) is 5.88 Å². The molecule has 0 saturated heterocycles. The third-order valence-electron chi connectivity index (χ3n) is 2.27. The van der Waals surface area contributed by atoms with Gasteiger partial charge >= 0.3 is 5.97 Å². The molecule has 0 bridgehead atoms. The summed E-state index contributed by atoms with van der Waals surface area (Å²) in [6, 6.07) is 9.41. The predicted octanol–water partition coefficient (Wildman–Crippen LogP) is 2.09. The van der Waals surface area contributed by atoms with Gasteiger partial charge in [-0.25, -0.2) is 9.78 Å². The summed E-state index contributed by atoms with van der Waals surface area (Å²) in [6.07, 6.45) is 0.699. The number of pyridine rings is 1. The summed E-state index contributed by atoms with van der Waals surface area (Å²) in [6.45, 7) is 1.48. The van der Waals surface area contributed by atoms with Gasteiger partial charge in [0.2, 0.25) is 5.88 Å². The van der Waals surface area contributed by atoms with Gasteiger partial charge < -0.3 is 9.84 Å². The van der Waals surface area contributed by atoms with Gasteiger partial charge in [0.1, 0.15) is 0 Å². The number of fused-ring (bicyclic) bond motifs is 1. The van der Waals surface area contributed by atoms with Crippen LogP contribution in [0, 0.1) is 0 Å². The molecule has 16 heavy (non-hydrogen) atoms. The molecule has 2 aromatic rings. The smallest absolute Gasteiger partial charge is 0.344 e. The molecule has 4 heteroatoms. The van der Waals surface area contributed by atoms with E-state index in [0.29, 0.717) is 5.88 Å². The zero-order chi connectivity index (χ0) is 11.5. The first-order valence-electron chi connectivity index (χ1n) is 4.91. The van der Waals surface area contributed by atoms with Crippen LogP contribution in [0.3, 0.4) is 0 Å². The molecule has 0 saturated carbocycles. The second kappa shape index (κ2) is 4.18. The van der Waals surface area contributed by atoms with Crippen LogP contribution >= 0.6 is 0 Å². The lowest BCUT2D eigenvalue weighted by atomic mass is 10.2. The molecule has 82 valence electrons. The maximum atomic E-state index is 10.7. The highest BCUT2D eigenvalue weighted by Gasteiger charge is 2.14. The van der Waals surface area contributed by atoms with Crippen LogP contribution in [0.1, 0.15) is 6.92 Å². The molecule has 1 atom stereocenters. The van der Waals surface area contributed by atoms with Crippen LogP contribution in [0.25, 0.3) is 10.8 Å². The molecule has 0 fully saturated rings. The van der Waals surface area contributed by atoms with E-state index >= 15 is 0 Å². The van der Waals surface area contributed by atoms with Gasteiger partial charge in [-0.3, -0.25) is 0 Å². The molecular formula is C12H11NO3. The Morgan fingerprint density at radius 3 is 2.88 bits per heavy atom. The molecule has 1 aromatic heterocycles. The molecule has 1 unspecified atom stereocenters. The van der Waals surface area contributed by atoms with E-state index in [0.717, 1.165) is 10.8 Å². The van der Waals surface area contributed by atoms with Crippen LogP contribution in [0.15, 0.2) is 36.5 Å². The molecule has 2 rings (SSSR count). The average molecular weight is 217 g/mol. The Balaban J connectivity index is 2.41. The number of aromatic nitrogens is 1. The summed E-state index contributed by atoms with van der Waals surface area (Å²) in [5, 5.41) is 10.6. The fourth-order valence-corrected chi connectivity index (χ4v) is 1.40. The Labute approximate surface area is 92.5 Å². The third kappa shape index (κ3) is 1.95. The first kappa shape index (κ1) is 10.4. The highest BCUT2D eigenvalue weighted by molar-refractivity contribution is 5.86. The van der Waals surface area contributed by atoms with Gasteiger partial charge in [0.25, 0.3) is 0 Å². The lowest BCUT2D eigenvalue weighted by Gasteiger charge is -2.11. The summed E-state index contributed by atoms with van der Waals surface area (Å²) in [4.78, 5) is 14.7. The highest BCUT2D eigenvalue weighted by Crippen LogP contribution is 2.23. The fraction of sp³-hybridized carbons (Fsp3) is 0.167. The van der Waals surface area contributed by atoms with E-state index in [2.05, 4.69) is 4.98 Å². The summed E-state index contributed by atoms with van der Waals surface area (Å²) in [5.74, 6) is -0.650. The van der Waals surface area contributed by atoms with Crippen molar-refractivity contribution in [1.82, 2.24) is 4.98 Å². The highest BCUT2D eigenvalue weighted by atomic mass is 16.5. The standard InChI is InChI=1S/C12H11NO3/c1-8(12(14)15)16-11-10-5-3-2-4-9(10)6-7-13-11/h2-8H,1H3,(H,14,15). The molecule has 0 spiro atoms. The second-order valence-corrected chi connectivity index (χ2v) is 3.44. The molecule has 1 N–H and O–H groups in total. The van der Waals surface area contributed by atoms with E-state index in [1.807, 2.05) is 30.3 Å². The van der Waals surface area contributed by atoms with Crippen molar-refractivity contribution >= 4 is 16.7 Å². The van der Waals surface area contributed by atoms with Crippen LogP contribution in [0.2, 0.25) is 0 Å². The minimum Gasteiger partial charge on any atom is -0.479 e. The molecular weight excluding hydrogens is 206 g/mol. The molecule has 0 amide bonds. The Kier molecular flexibility index (Phi) is 2.72. The number of carboxylic acids is 1. The van der Waals surface area contributed by atoms with Crippen LogP contribution in [-0.4, -0.2) is 22.2 Å². The van der Waals surface area contributed by atoms with E-state index in [9.17, 15) is 4.79 Å². The van der Waals surface area contributed by atoms with Gasteiger partial charge in [0, 0.05) is 11.6 Å². The lowest BCUT2D eigenvalue weighted by molar-refractivity contribution is -0.144. The third-order valence-corrected chi connectivity index (χ3v) is 2.27. The number of ether oxygens (including phenoxy) is 1. The average Bonchev–Trinajstić information content (AvgIpc) is 2.29. The lowest BCUT2D eigenvalue weighted by Crippen LogP contribution is -2.23. The second-order valence-electron chi connectivity index (χ2n) is 3.44. The van der Waals surface area contributed by atoms with Gasteiger partial charge in [-0.15, -0.1) is 0 Å².